The minimum Gasteiger partial charge on any atom is -0.326 e. The molecule has 0 fully saturated rings. The Bertz CT molecular complexity index is 441. The van der Waals surface area contributed by atoms with Gasteiger partial charge in [-0.3, -0.25) is 4.79 Å². The van der Waals surface area contributed by atoms with E-state index in [1.165, 1.54) is 5.56 Å². The quantitative estimate of drug-likeness (QED) is 0.787. The first-order valence-electron chi connectivity index (χ1n) is 5.89. The molecule has 0 aromatic heterocycles. The third-order valence-corrected chi connectivity index (χ3v) is 2.69. The molecule has 1 aromatic rings. The zero-order chi connectivity index (χ0) is 12.8. The van der Waals surface area contributed by atoms with E-state index in [9.17, 15) is 4.79 Å². The molecule has 17 heavy (non-hydrogen) atoms. The fourth-order valence-corrected chi connectivity index (χ4v) is 1.73. The molecule has 1 amide bonds. The Balaban J connectivity index is 2.90. The second-order valence-corrected chi connectivity index (χ2v) is 4.45. The molecule has 0 unspecified atom stereocenters. The second-order valence-electron chi connectivity index (χ2n) is 4.45. The first kappa shape index (κ1) is 13.3. The Hall–Kier alpha value is -1.75. The van der Waals surface area contributed by atoms with Gasteiger partial charge in [0.25, 0.3) is 0 Å². The molecule has 0 spiro atoms. The molecule has 0 atom stereocenters. The van der Waals surface area contributed by atoms with Crippen molar-refractivity contribution in [1.82, 2.24) is 0 Å². The fraction of sp³-hybridized carbons (Fsp3) is 0.400. The lowest BCUT2D eigenvalue weighted by molar-refractivity contribution is -0.116. The van der Waals surface area contributed by atoms with Crippen molar-refractivity contribution in [3.8, 4) is 12.3 Å². The summed E-state index contributed by atoms with van der Waals surface area (Å²) in [5, 5.41) is 2.96. The smallest absolute Gasteiger partial charge is 0.225 e. The van der Waals surface area contributed by atoms with Gasteiger partial charge >= 0.3 is 0 Å². The largest absolute Gasteiger partial charge is 0.326 e. The summed E-state index contributed by atoms with van der Waals surface area (Å²) in [4.78, 5) is 11.7. The lowest BCUT2D eigenvalue weighted by atomic mass is 9.98. The number of aryl methyl sites for hydroxylation is 1. The van der Waals surface area contributed by atoms with E-state index in [1.807, 2.05) is 19.1 Å². The molecule has 2 heteroatoms. The number of rotatable bonds is 4. The summed E-state index contributed by atoms with van der Waals surface area (Å²) in [6.07, 6.45) is 6.01. The van der Waals surface area contributed by atoms with Crippen LogP contribution in [0.3, 0.4) is 0 Å². The van der Waals surface area contributed by atoms with Gasteiger partial charge in [0.2, 0.25) is 5.91 Å². The summed E-state index contributed by atoms with van der Waals surface area (Å²) >= 11 is 0. The first-order valence-corrected chi connectivity index (χ1v) is 5.89. The maximum atomic E-state index is 11.7. The topological polar surface area (TPSA) is 29.1 Å². The van der Waals surface area contributed by atoms with Crippen molar-refractivity contribution in [2.24, 2.45) is 0 Å². The third kappa shape index (κ3) is 3.64. The van der Waals surface area contributed by atoms with Crippen LogP contribution in [0.25, 0.3) is 0 Å². The highest BCUT2D eigenvalue weighted by Gasteiger charge is 2.11. The molecule has 90 valence electrons. The molecular weight excluding hydrogens is 210 g/mol. The Kier molecular flexibility index (Phi) is 4.78. The van der Waals surface area contributed by atoms with Crippen molar-refractivity contribution in [2.45, 2.75) is 39.5 Å². The van der Waals surface area contributed by atoms with E-state index in [2.05, 4.69) is 31.2 Å². The molecule has 0 radical (unpaired) electrons. The van der Waals surface area contributed by atoms with E-state index in [4.69, 9.17) is 6.42 Å². The molecule has 0 heterocycles. The van der Waals surface area contributed by atoms with E-state index in [0.29, 0.717) is 18.8 Å². The van der Waals surface area contributed by atoms with Crippen LogP contribution in [0.5, 0.6) is 0 Å². The number of benzene rings is 1. The van der Waals surface area contributed by atoms with E-state index < -0.39 is 0 Å². The lowest BCUT2D eigenvalue weighted by Gasteiger charge is -2.16. The van der Waals surface area contributed by atoms with Crippen LogP contribution in [-0.4, -0.2) is 5.91 Å². The highest BCUT2D eigenvalue weighted by Crippen LogP contribution is 2.27. The van der Waals surface area contributed by atoms with Crippen molar-refractivity contribution in [3.63, 3.8) is 0 Å². The van der Waals surface area contributed by atoms with Crippen molar-refractivity contribution in [1.29, 1.82) is 0 Å². The number of hydrogen-bond donors (Lipinski definition) is 1. The van der Waals surface area contributed by atoms with Crippen molar-refractivity contribution >= 4 is 11.6 Å². The van der Waals surface area contributed by atoms with Gasteiger partial charge in [-0.15, -0.1) is 12.3 Å². The van der Waals surface area contributed by atoms with E-state index in [1.54, 1.807) is 0 Å². The van der Waals surface area contributed by atoms with E-state index in [0.717, 1.165) is 11.3 Å². The standard InChI is InChI=1S/C15H19NO/c1-5-6-10-14(17)16-15-12(4)8-7-9-13(15)11(2)3/h1,7-9,11H,6,10H2,2-4H3,(H,16,17). The van der Waals surface area contributed by atoms with Crippen molar-refractivity contribution < 1.29 is 4.79 Å². The van der Waals surface area contributed by atoms with Crippen LogP contribution >= 0.6 is 0 Å². The SMILES string of the molecule is C#CCCC(=O)Nc1c(C)cccc1C(C)C. The van der Waals surface area contributed by atoms with Crippen molar-refractivity contribution in [2.75, 3.05) is 5.32 Å². The molecule has 0 saturated carbocycles. The van der Waals surface area contributed by atoms with Crippen LogP contribution in [-0.2, 0) is 4.79 Å². The predicted octanol–water partition coefficient (Wildman–Crippen LogP) is 3.47. The minimum atomic E-state index is -0.0147. The van der Waals surface area contributed by atoms with Crippen LogP contribution in [0.4, 0.5) is 5.69 Å². The van der Waals surface area contributed by atoms with Crippen LogP contribution < -0.4 is 5.32 Å². The molecule has 1 rings (SSSR count). The average Bonchev–Trinajstić information content (AvgIpc) is 2.28. The number of para-hydroxylation sites is 1. The van der Waals surface area contributed by atoms with Crippen LogP contribution in [0, 0.1) is 19.3 Å². The molecular formula is C15H19NO. The molecule has 2 nitrogen and oxygen atoms in total. The van der Waals surface area contributed by atoms with Gasteiger partial charge in [-0.1, -0.05) is 32.0 Å². The van der Waals surface area contributed by atoms with Gasteiger partial charge in [-0.25, -0.2) is 0 Å². The summed E-state index contributed by atoms with van der Waals surface area (Å²) < 4.78 is 0. The molecule has 1 N–H and O–H groups in total. The maximum absolute atomic E-state index is 11.7. The maximum Gasteiger partial charge on any atom is 0.225 e. The Morgan fingerprint density at radius 2 is 2.18 bits per heavy atom. The Morgan fingerprint density at radius 3 is 2.76 bits per heavy atom. The monoisotopic (exact) mass is 229 g/mol. The molecule has 0 aliphatic heterocycles. The van der Waals surface area contributed by atoms with Gasteiger partial charge in [0.1, 0.15) is 0 Å². The summed E-state index contributed by atoms with van der Waals surface area (Å²) in [6.45, 7) is 6.24. The number of amides is 1. The van der Waals surface area contributed by atoms with Crippen LogP contribution in [0.1, 0.15) is 43.7 Å². The van der Waals surface area contributed by atoms with Gasteiger partial charge < -0.3 is 5.32 Å². The van der Waals surface area contributed by atoms with E-state index >= 15 is 0 Å². The molecule has 1 aromatic carbocycles. The van der Waals surface area contributed by atoms with Gasteiger partial charge in [0, 0.05) is 18.5 Å². The van der Waals surface area contributed by atoms with Crippen LogP contribution in [0.15, 0.2) is 18.2 Å². The molecule has 0 saturated heterocycles. The normalized spacial score (nSPS) is 10.1. The Labute approximate surface area is 103 Å². The Morgan fingerprint density at radius 1 is 1.47 bits per heavy atom. The zero-order valence-corrected chi connectivity index (χ0v) is 10.7. The number of terminal acetylenes is 1. The zero-order valence-electron chi connectivity index (χ0n) is 10.7. The van der Waals surface area contributed by atoms with Crippen LogP contribution in [0.2, 0.25) is 0 Å². The number of carbonyl (C=O) groups is 1. The summed E-state index contributed by atoms with van der Waals surface area (Å²) in [7, 11) is 0. The average molecular weight is 229 g/mol. The fourth-order valence-electron chi connectivity index (χ4n) is 1.73. The minimum absolute atomic E-state index is 0.0147. The molecule has 0 aliphatic carbocycles. The van der Waals surface area contributed by atoms with E-state index in [-0.39, 0.29) is 5.91 Å². The predicted molar refractivity (Wildman–Crippen MR) is 72.0 cm³/mol. The van der Waals surface area contributed by atoms with Gasteiger partial charge in [-0.2, -0.15) is 0 Å². The summed E-state index contributed by atoms with van der Waals surface area (Å²) in [5.74, 6) is 2.85. The number of anilines is 1. The first-order chi connectivity index (χ1) is 8.06. The third-order valence-electron chi connectivity index (χ3n) is 2.69. The molecule has 0 aliphatic rings. The highest BCUT2D eigenvalue weighted by molar-refractivity contribution is 5.92. The summed E-state index contributed by atoms with van der Waals surface area (Å²) in [6, 6.07) is 6.07. The second kappa shape index (κ2) is 6.10. The lowest BCUT2D eigenvalue weighted by Crippen LogP contribution is -2.14. The summed E-state index contributed by atoms with van der Waals surface area (Å²) in [5.41, 5.74) is 3.19. The number of hydrogen-bond acceptors (Lipinski definition) is 1. The van der Waals surface area contributed by atoms with Crippen molar-refractivity contribution in [3.05, 3.63) is 29.3 Å². The molecule has 0 bridgehead atoms. The van der Waals surface area contributed by atoms with Gasteiger partial charge in [0.15, 0.2) is 0 Å². The number of carbonyl (C=O) groups excluding carboxylic acids is 1. The van der Waals surface area contributed by atoms with Gasteiger partial charge in [-0.05, 0) is 24.0 Å². The van der Waals surface area contributed by atoms with Gasteiger partial charge in [0.05, 0.1) is 0 Å². The highest BCUT2D eigenvalue weighted by atomic mass is 16.1. The number of nitrogens with one attached hydrogen (secondary N) is 1.